The van der Waals surface area contributed by atoms with Gasteiger partial charge in [-0.1, -0.05) is 77.3 Å². The number of esters is 1. The van der Waals surface area contributed by atoms with Crippen LogP contribution in [0.15, 0.2) is 91.0 Å². The highest BCUT2D eigenvalue weighted by molar-refractivity contribution is 6.42. The maximum atomic E-state index is 13.3. The second-order valence-electron chi connectivity index (χ2n) is 8.37. The maximum Gasteiger partial charge on any atom is 0.339 e. The van der Waals surface area contributed by atoms with Crippen LogP contribution in [0.5, 0.6) is 0 Å². The van der Waals surface area contributed by atoms with E-state index in [2.05, 4.69) is 0 Å². The summed E-state index contributed by atoms with van der Waals surface area (Å²) in [6.07, 6.45) is -1.26. The molecule has 0 unspecified atom stereocenters. The van der Waals surface area contributed by atoms with Gasteiger partial charge in [0.25, 0.3) is 11.8 Å². The standard InChI is InChI=1S/C29H16Cl3NO5/c30-19-9-6-17(7-10-19)26(25(34)16-4-2-1-3-5-16)38-29(37)18-8-12-21-22(14-18)28(36)33(27(21)35)20-11-13-23(31)24(32)15-20/h1-15,26H/t26-/m1/s1. The number of Topliss-reactive ketones (excluding diaryl/α,β-unsaturated/α-hetero) is 1. The molecule has 0 radical (unpaired) electrons. The Labute approximate surface area is 232 Å². The molecule has 0 spiro atoms. The zero-order chi connectivity index (χ0) is 27.0. The number of anilines is 1. The number of hydrogen-bond acceptors (Lipinski definition) is 5. The summed E-state index contributed by atoms with van der Waals surface area (Å²) in [5.74, 6) is -2.47. The van der Waals surface area contributed by atoms with Crippen molar-refractivity contribution in [2.24, 2.45) is 0 Å². The van der Waals surface area contributed by atoms with E-state index < -0.39 is 29.7 Å². The minimum atomic E-state index is -1.26. The average Bonchev–Trinajstić information content (AvgIpc) is 3.18. The van der Waals surface area contributed by atoms with E-state index in [1.54, 1.807) is 54.6 Å². The van der Waals surface area contributed by atoms with Gasteiger partial charge in [0.05, 0.1) is 32.4 Å². The normalized spacial score (nSPS) is 13.3. The molecule has 0 N–H and O–H groups in total. The summed E-state index contributed by atoms with van der Waals surface area (Å²) in [5, 5.41) is 0.915. The fourth-order valence-corrected chi connectivity index (χ4v) is 4.48. The molecule has 1 atom stereocenters. The minimum Gasteiger partial charge on any atom is -0.445 e. The largest absolute Gasteiger partial charge is 0.445 e. The molecule has 2 amide bonds. The third kappa shape index (κ3) is 4.82. The Hall–Kier alpha value is -3.97. The Balaban J connectivity index is 1.45. The van der Waals surface area contributed by atoms with Crippen LogP contribution >= 0.6 is 34.8 Å². The number of fused-ring (bicyclic) bond motifs is 1. The smallest absolute Gasteiger partial charge is 0.339 e. The van der Waals surface area contributed by atoms with Crippen molar-refractivity contribution >= 4 is 64.1 Å². The molecule has 0 aromatic heterocycles. The molecule has 1 aliphatic heterocycles. The van der Waals surface area contributed by atoms with E-state index in [9.17, 15) is 19.2 Å². The molecule has 0 saturated heterocycles. The minimum absolute atomic E-state index is 0.000661. The molecule has 4 aromatic carbocycles. The Morgan fingerprint density at radius 2 is 1.37 bits per heavy atom. The molecule has 0 saturated carbocycles. The van der Waals surface area contributed by atoms with Gasteiger partial charge in [-0.05, 0) is 48.5 Å². The second kappa shape index (κ2) is 10.4. The van der Waals surface area contributed by atoms with Crippen LogP contribution in [-0.2, 0) is 4.74 Å². The topological polar surface area (TPSA) is 80.8 Å². The van der Waals surface area contributed by atoms with Crippen LogP contribution in [0.25, 0.3) is 0 Å². The van der Waals surface area contributed by atoms with Gasteiger partial charge in [0, 0.05) is 16.1 Å². The van der Waals surface area contributed by atoms with Crippen molar-refractivity contribution in [3.63, 3.8) is 0 Å². The number of carbonyl (C=O) groups is 4. The number of halogens is 3. The van der Waals surface area contributed by atoms with E-state index in [4.69, 9.17) is 39.5 Å². The molecule has 188 valence electrons. The molecular weight excluding hydrogens is 549 g/mol. The molecule has 1 aliphatic rings. The van der Waals surface area contributed by atoms with Gasteiger partial charge in [0.2, 0.25) is 5.78 Å². The van der Waals surface area contributed by atoms with Gasteiger partial charge >= 0.3 is 5.97 Å². The molecule has 1 heterocycles. The summed E-state index contributed by atoms with van der Waals surface area (Å²) in [4.78, 5) is 53.6. The first kappa shape index (κ1) is 25.7. The lowest BCUT2D eigenvalue weighted by molar-refractivity contribution is 0.0280. The number of hydrogen-bond donors (Lipinski definition) is 0. The summed E-state index contributed by atoms with van der Waals surface area (Å²) in [5.41, 5.74) is 1.16. The first-order valence-electron chi connectivity index (χ1n) is 11.3. The second-order valence-corrected chi connectivity index (χ2v) is 9.62. The maximum absolute atomic E-state index is 13.3. The van der Waals surface area contributed by atoms with Crippen LogP contribution < -0.4 is 4.90 Å². The van der Waals surface area contributed by atoms with Crippen molar-refractivity contribution in [3.05, 3.63) is 134 Å². The van der Waals surface area contributed by atoms with Crippen LogP contribution in [-0.4, -0.2) is 23.6 Å². The van der Waals surface area contributed by atoms with Gasteiger partial charge < -0.3 is 4.74 Å². The van der Waals surface area contributed by atoms with E-state index in [0.717, 1.165) is 4.90 Å². The van der Waals surface area contributed by atoms with Crippen LogP contribution in [0, 0.1) is 0 Å². The Morgan fingerprint density at radius 3 is 2.05 bits per heavy atom. The average molecular weight is 565 g/mol. The van der Waals surface area contributed by atoms with E-state index in [0.29, 0.717) is 16.1 Å². The fraction of sp³-hybridized carbons (Fsp3) is 0.0345. The Morgan fingerprint density at radius 1 is 0.684 bits per heavy atom. The van der Waals surface area contributed by atoms with Crippen molar-refractivity contribution in [2.45, 2.75) is 6.10 Å². The number of ether oxygens (including phenoxy) is 1. The number of ketones is 1. The zero-order valence-electron chi connectivity index (χ0n) is 19.4. The molecule has 38 heavy (non-hydrogen) atoms. The van der Waals surface area contributed by atoms with Crippen LogP contribution in [0.4, 0.5) is 5.69 Å². The van der Waals surface area contributed by atoms with Gasteiger partial charge in [-0.25, -0.2) is 9.69 Å². The summed E-state index contributed by atoms with van der Waals surface area (Å²) in [6.45, 7) is 0. The number of rotatable bonds is 6. The third-order valence-electron chi connectivity index (χ3n) is 5.98. The highest BCUT2D eigenvalue weighted by atomic mass is 35.5. The van der Waals surface area contributed by atoms with E-state index in [1.165, 1.54) is 36.4 Å². The van der Waals surface area contributed by atoms with Gasteiger partial charge in [-0.2, -0.15) is 0 Å². The molecule has 6 nitrogen and oxygen atoms in total. The summed E-state index contributed by atoms with van der Waals surface area (Å²) in [6, 6.07) is 23.2. The number of imide groups is 1. The molecule has 4 aromatic rings. The van der Waals surface area contributed by atoms with Crippen LogP contribution in [0.3, 0.4) is 0 Å². The van der Waals surface area contributed by atoms with Crippen LogP contribution in [0.1, 0.15) is 53.1 Å². The molecule has 9 heteroatoms. The third-order valence-corrected chi connectivity index (χ3v) is 6.97. The van der Waals surface area contributed by atoms with Gasteiger partial charge in [0.15, 0.2) is 6.10 Å². The predicted molar refractivity (Wildman–Crippen MR) is 144 cm³/mol. The molecule has 5 rings (SSSR count). The highest BCUT2D eigenvalue weighted by Gasteiger charge is 2.38. The molecule has 0 bridgehead atoms. The first-order valence-corrected chi connectivity index (χ1v) is 12.4. The SMILES string of the molecule is O=C(O[C@@H](C(=O)c1ccccc1)c1ccc(Cl)cc1)c1ccc2c(c1)C(=O)N(c1ccc(Cl)c(Cl)c1)C2=O. The lowest BCUT2D eigenvalue weighted by Gasteiger charge is -2.18. The molecule has 0 aliphatic carbocycles. The van der Waals surface area contributed by atoms with Gasteiger partial charge in [-0.15, -0.1) is 0 Å². The summed E-state index contributed by atoms with van der Waals surface area (Å²) < 4.78 is 5.67. The zero-order valence-corrected chi connectivity index (χ0v) is 21.6. The number of benzene rings is 4. The van der Waals surface area contributed by atoms with E-state index in [-0.39, 0.29) is 32.4 Å². The monoisotopic (exact) mass is 563 g/mol. The number of carbonyl (C=O) groups excluding carboxylic acids is 4. The number of amides is 2. The number of nitrogens with zero attached hydrogens (tertiary/aromatic N) is 1. The predicted octanol–water partition coefficient (Wildman–Crippen LogP) is 7.23. The van der Waals surface area contributed by atoms with Crippen molar-refractivity contribution in [1.82, 2.24) is 0 Å². The van der Waals surface area contributed by atoms with Crippen molar-refractivity contribution < 1.29 is 23.9 Å². The van der Waals surface area contributed by atoms with Crippen molar-refractivity contribution in [3.8, 4) is 0 Å². The lowest BCUT2D eigenvalue weighted by atomic mass is 9.99. The summed E-state index contributed by atoms with van der Waals surface area (Å²) >= 11 is 18.0. The summed E-state index contributed by atoms with van der Waals surface area (Å²) in [7, 11) is 0. The molecule has 0 fully saturated rings. The van der Waals surface area contributed by atoms with Crippen molar-refractivity contribution in [2.75, 3.05) is 4.90 Å². The van der Waals surface area contributed by atoms with E-state index >= 15 is 0 Å². The van der Waals surface area contributed by atoms with E-state index in [1.807, 2.05) is 0 Å². The fourth-order valence-electron chi connectivity index (χ4n) is 4.07. The first-order chi connectivity index (χ1) is 18.2. The molecular formula is C29H16Cl3NO5. The van der Waals surface area contributed by atoms with Crippen LogP contribution in [0.2, 0.25) is 15.1 Å². The Bertz CT molecular complexity index is 1600. The van der Waals surface area contributed by atoms with Crippen molar-refractivity contribution in [1.29, 1.82) is 0 Å². The van der Waals surface area contributed by atoms with Gasteiger partial charge in [-0.3, -0.25) is 14.4 Å². The quantitative estimate of drug-likeness (QED) is 0.140. The highest BCUT2D eigenvalue weighted by Crippen LogP contribution is 2.33. The van der Waals surface area contributed by atoms with Gasteiger partial charge in [0.1, 0.15) is 0 Å². The Kier molecular flexibility index (Phi) is 7.04. The lowest BCUT2D eigenvalue weighted by Crippen LogP contribution is -2.29.